The lowest BCUT2D eigenvalue weighted by Crippen LogP contribution is -2.26. The van der Waals surface area contributed by atoms with Crippen LogP contribution in [0.25, 0.3) is 22.2 Å². The first kappa shape index (κ1) is 27.0. The summed E-state index contributed by atoms with van der Waals surface area (Å²) in [5, 5.41) is 11.0. The SMILES string of the molecule is Nc1ncnc2c1c(-c1ccccc1)cn2[C@H]1C[C@H](O)[C@@H](COP(=O)(O)OP(=O)(O)OP(=O)(O)O)O1. The summed E-state index contributed by atoms with van der Waals surface area (Å²) in [6, 6.07) is 9.25. The van der Waals surface area contributed by atoms with E-state index in [0.717, 1.165) is 5.56 Å². The maximum atomic E-state index is 12.0. The summed E-state index contributed by atoms with van der Waals surface area (Å²) in [7, 11) is -16.6. The molecule has 2 aromatic heterocycles. The Labute approximate surface area is 202 Å². The fourth-order valence-corrected chi connectivity index (χ4v) is 6.70. The molecule has 2 unspecified atom stereocenters. The van der Waals surface area contributed by atoms with Crippen LogP contribution in [0.1, 0.15) is 12.6 Å². The zero-order valence-corrected chi connectivity index (χ0v) is 20.7. The maximum absolute atomic E-state index is 12.0. The van der Waals surface area contributed by atoms with E-state index < -0.39 is 48.5 Å². The van der Waals surface area contributed by atoms with Crippen LogP contribution in [0.3, 0.4) is 0 Å². The summed E-state index contributed by atoms with van der Waals surface area (Å²) < 4.78 is 53.5. The van der Waals surface area contributed by atoms with Crippen molar-refractivity contribution in [1.82, 2.24) is 14.5 Å². The van der Waals surface area contributed by atoms with Gasteiger partial charge in [0.15, 0.2) is 0 Å². The van der Waals surface area contributed by atoms with Crippen molar-refractivity contribution in [3.63, 3.8) is 0 Å². The van der Waals surface area contributed by atoms with E-state index in [-0.39, 0.29) is 12.2 Å². The van der Waals surface area contributed by atoms with E-state index in [9.17, 15) is 28.6 Å². The van der Waals surface area contributed by atoms with Crippen LogP contribution in [0.2, 0.25) is 0 Å². The van der Waals surface area contributed by atoms with Crippen LogP contribution in [0, 0.1) is 0 Å². The van der Waals surface area contributed by atoms with Gasteiger partial charge in [0.25, 0.3) is 0 Å². The molecule has 4 rings (SSSR count). The lowest BCUT2D eigenvalue weighted by molar-refractivity contribution is -0.0421. The smallest absolute Gasteiger partial charge is 0.390 e. The number of aromatic nitrogens is 3. The van der Waals surface area contributed by atoms with Crippen molar-refractivity contribution >= 4 is 40.3 Å². The molecule has 16 nitrogen and oxygen atoms in total. The van der Waals surface area contributed by atoms with Crippen LogP contribution in [-0.2, 0) is 31.6 Å². The van der Waals surface area contributed by atoms with E-state index in [4.69, 9.17) is 20.3 Å². The van der Waals surface area contributed by atoms with Gasteiger partial charge in [0.2, 0.25) is 0 Å². The zero-order chi connectivity index (χ0) is 26.3. The number of fused-ring (bicyclic) bond motifs is 1. The van der Waals surface area contributed by atoms with Gasteiger partial charge in [0.05, 0.1) is 18.1 Å². The second-order valence-electron chi connectivity index (χ2n) is 7.59. The fourth-order valence-electron chi connectivity index (χ4n) is 3.67. The number of nitrogens with two attached hydrogens (primary N) is 1. The Morgan fingerprint density at radius 3 is 2.42 bits per heavy atom. The number of nitrogen functional groups attached to an aromatic ring is 1. The second-order valence-corrected chi connectivity index (χ2v) is 12.0. The maximum Gasteiger partial charge on any atom is 0.490 e. The third-order valence-corrected chi connectivity index (χ3v) is 8.86. The molecule has 0 radical (unpaired) electrons. The monoisotopic (exact) mass is 566 g/mol. The number of benzene rings is 1. The molecule has 1 aliphatic rings. The lowest BCUT2D eigenvalue weighted by Gasteiger charge is -2.19. The number of nitrogens with zero attached hydrogens (tertiary/aromatic N) is 3. The van der Waals surface area contributed by atoms with Gasteiger partial charge in [-0.25, -0.2) is 23.7 Å². The first-order valence-corrected chi connectivity index (χ1v) is 14.5. The standard InChI is InChI=1S/C17H21N4O12P3/c18-16-15-11(10-4-2-1-3-5-10)7-21(17(15)20-9-19-16)14-6-12(22)13(31-14)8-30-35(26,27)33-36(28,29)32-34(23,24)25/h1-5,7,9,12-14,22H,6,8H2,(H,26,27)(H,28,29)(H2,18,19,20)(H2,23,24,25)/t12-,13+,14+/m0/s1. The van der Waals surface area contributed by atoms with Crippen LogP contribution in [-0.4, -0.2) is 58.0 Å². The van der Waals surface area contributed by atoms with Gasteiger partial charge >= 0.3 is 23.5 Å². The van der Waals surface area contributed by atoms with E-state index in [1.165, 1.54) is 6.33 Å². The van der Waals surface area contributed by atoms with Crippen molar-refractivity contribution < 1.29 is 56.3 Å². The third-order valence-electron chi connectivity index (χ3n) is 5.06. The Bertz CT molecular complexity index is 1400. The Balaban J connectivity index is 1.51. The second kappa shape index (κ2) is 10.0. The van der Waals surface area contributed by atoms with Crippen LogP contribution >= 0.6 is 23.5 Å². The van der Waals surface area contributed by atoms with Crippen LogP contribution < -0.4 is 5.73 Å². The highest BCUT2D eigenvalue weighted by atomic mass is 31.3. The molecule has 1 saturated heterocycles. The molecule has 3 aromatic rings. The van der Waals surface area contributed by atoms with Crippen LogP contribution in [0.4, 0.5) is 5.82 Å². The minimum absolute atomic E-state index is 0.00629. The number of rotatable bonds is 9. The fraction of sp³-hybridized carbons (Fsp3) is 0.294. The quantitative estimate of drug-likeness (QED) is 0.202. The summed E-state index contributed by atoms with van der Waals surface area (Å²) in [6.45, 7) is -0.788. The van der Waals surface area contributed by atoms with E-state index in [1.54, 1.807) is 10.8 Å². The van der Waals surface area contributed by atoms with Gasteiger partial charge in [-0.3, -0.25) is 4.52 Å². The van der Waals surface area contributed by atoms with Gasteiger partial charge in [-0.1, -0.05) is 30.3 Å². The van der Waals surface area contributed by atoms with Gasteiger partial charge in [-0.2, -0.15) is 8.62 Å². The highest BCUT2D eigenvalue weighted by molar-refractivity contribution is 7.66. The van der Waals surface area contributed by atoms with Crippen molar-refractivity contribution in [3.05, 3.63) is 42.9 Å². The molecule has 196 valence electrons. The van der Waals surface area contributed by atoms with Crippen molar-refractivity contribution in [3.8, 4) is 11.1 Å². The van der Waals surface area contributed by atoms with Gasteiger partial charge in [0.1, 0.15) is 30.1 Å². The minimum Gasteiger partial charge on any atom is -0.390 e. The van der Waals surface area contributed by atoms with E-state index in [2.05, 4.69) is 23.1 Å². The topological polar surface area (TPSA) is 246 Å². The first-order chi connectivity index (χ1) is 16.7. The average molecular weight is 566 g/mol. The van der Waals surface area contributed by atoms with Gasteiger partial charge in [-0.15, -0.1) is 0 Å². The Morgan fingerprint density at radius 1 is 1.06 bits per heavy atom. The van der Waals surface area contributed by atoms with Gasteiger partial charge in [-0.05, 0) is 5.56 Å². The molecular weight excluding hydrogens is 545 g/mol. The Hall–Kier alpha value is -2.03. The van der Waals surface area contributed by atoms with E-state index >= 15 is 0 Å². The average Bonchev–Trinajstić information content (AvgIpc) is 3.32. The summed E-state index contributed by atoms with van der Waals surface area (Å²) >= 11 is 0. The number of aliphatic hydroxyl groups is 1. The predicted molar refractivity (Wildman–Crippen MR) is 122 cm³/mol. The van der Waals surface area contributed by atoms with Crippen molar-refractivity contribution in [1.29, 1.82) is 0 Å². The predicted octanol–water partition coefficient (Wildman–Crippen LogP) is 1.67. The van der Waals surface area contributed by atoms with Crippen molar-refractivity contribution in [2.24, 2.45) is 0 Å². The molecule has 1 aliphatic heterocycles. The third kappa shape index (κ3) is 6.26. The molecule has 3 heterocycles. The number of aliphatic hydroxyl groups excluding tert-OH is 1. The van der Waals surface area contributed by atoms with Crippen molar-refractivity contribution in [2.75, 3.05) is 12.3 Å². The molecule has 5 atom stereocenters. The summed E-state index contributed by atoms with van der Waals surface area (Å²) in [4.78, 5) is 44.4. The van der Waals surface area contributed by atoms with Gasteiger partial charge in [0, 0.05) is 18.2 Å². The number of anilines is 1. The normalized spacial score (nSPS) is 24.0. The lowest BCUT2D eigenvalue weighted by atomic mass is 10.1. The van der Waals surface area contributed by atoms with E-state index in [1.807, 2.05) is 30.3 Å². The minimum atomic E-state index is -5.67. The number of phosphoric acid groups is 3. The van der Waals surface area contributed by atoms with E-state index in [0.29, 0.717) is 16.6 Å². The molecule has 0 aliphatic carbocycles. The van der Waals surface area contributed by atoms with Crippen LogP contribution in [0.15, 0.2) is 42.9 Å². The largest absolute Gasteiger partial charge is 0.490 e. The Morgan fingerprint density at radius 2 is 1.75 bits per heavy atom. The number of phosphoric ester groups is 1. The molecule has 7 N–H and O–H groups in total. The van der Waals surface area contributed by atoms with Crippen LogP contribution in [0.5, 0.6) is 0 Å². The zero-order valence-electron chi connectivity index (χ0n) is 18.0. The van der Waals surface area contributed by atoms with Crippen molar-refractivity contribution in [2.45, 2.75) is 24.9 Å². The highest BCUT2D eigenvalue weighted by Crippen LogP contribution is 2.66. The number of ether oxygens (including phenoxy) is 1. The summed E-state index contributed by atoms with van der Waals surface area (Å²) in [5.74, 6) is 0.223. The molecule has 1 fully saturated rings. The first-order valence-electron chi connectivity index (χ1n) is 10.0. The summed E-state index contributed by atoms with van der Waals surface area (Å²) in [6.07, 6.45) is -0.236. The van der Waals surface area contributed by atoms with Gasteiger partial charge < -0.3 is 39.7 Å². The molecule has 19 heteroatoms. The highest BCUT2D eigenvalue weighted by Gasteiger charge is 2.43. The molecule has 36 heavy (non-hydrogen) atoms. The number of hydrogen-bond acceptors (Lipinski definition) is 11. The Kier molecular flexibility index (Phi) is 7.53. The molecule has 0 bridgehead atoms. The molecule has 1 aromatic carbocycles. The molecular formula is C17H21N4O12P3. The summed E-state index contributed by atoms with van der Waals surface area (Å²) in [5.41, 5.74) is 8.04. The molecule has 0 amide bonds. The number of hydrogen-bond donors (Lipinski definition) is 6. The molecule has 0 saturated carbocycles. The molecule has 0 spiro atoms.